The summed E-state index contributed by atoms with van der Waals surface area (Å²) in [5.74, 6) is 0.907. The second-order valence-electron chi connectivity index (χ2n) is 3.98. The largest absolute Gasteiger partial charge is 0.508 e. The summed E-state index contributed by atoms with van der Waals surface area (Å²) in [6.45, 7) is 0.635. The molecular weight excluding hydrogens is 232 g/mol. The zero-order valence-electron chi connectivity index (χ0n) is 10.2. The molecule has 0 aliphatic heterocycles. The molecule has 0 aliphatic carbocycles. The van der Waals surface area contributed by atoms with E-state index in [9.17, 15) is 5.11 Å². The van der Waals surface area contributed by atoms with Crippen molar-refractivity contribution in [3.05, 3.63) is 41.6 Å². The maximum absolute atomic E-state index is 9.22. The third-order valence-electron chi connectivity index (χ3n) is 2.71. The molecule has 2 N–H and O–H groups in total. The van der Waals surface area contributed by atoms with Crippen molar-refractivity contribution in [2.75, 3.05) is 13.7 Å². The molecule has 2 rings (SSSR count). The SMILES string of the molecule is COc1c(CCO)cnn1Cc1ccc(O)cc1. The Morgan fingerprint density at radius 2 is 2.00 bits per heavy atom. The topological polar surface area (TPSA) is 67.5 Å². The number of hydrogen-bond acceptors (Lipinski definition) is 4. The summed E-state index contributed by atoms with van der Waals surface area (Å²) < 4.78 is 7.04. The second kappa shape index (κ2) is 5.55. The van der Waals surface area contributed by atoms with Crippen molar-refractivity contribution in [1.82, 2.24) is 9.78 Å². The van der Waals surface area contributed by atoms with Crippen LogP contribution in [0.1, 0.15) is 11.1 Å². The van der Waals surface area contributed by atoms with Crippen molar-refractivity contribution >= 4 is 0 Å². The molecule has 0 amide bonds. The molecular formula is C13H16N2O3. The summed E-state index contributed by atoms with van der Waals surface area (Å²) in [5, 5.41) is 22.4. The molecule has 0 spiro atoms. The smallest absolute Gasteiger partial charge is 0.215 e. The van der Waals surface area contributed by atoms with Gasteiger partial charge in [0.2, 0.25) is 5.88 Å². The van der Waals surface area contributed by atoms with Crippen molar-refractivity contribution in [3.63, 3.8) is 0 Å². The van der Waals surface area contributed by atoms with Crippen LogP contribution in [0.4, 0.5) is 0 Å². The molecule has 1 aromatic carbocycles. The lowest BCUT2D eigenvalue weighted by atomic mass is 10.2. The molecule has 0 saturated heterocycles. The number of aliphatic hydroxyl groups excluding tert-OH is 1. The monoisotopic (exact) mass is 248 g/mol. The summed E-state index contributed by atoms with van der Waals surface area (Å²) in [6.07, 6.45) is 2.23. The lowest BCUT2D eigenvalue weighted by Gasteiger charge is -2.08. The molecule has 96 valence electrons. The lowest BCUT2D eigenvalue weighted by molar-refractivity contribution is 0.295. The van der Waals surface area contributed by atoms with Crippen LogP contribution in [-0.2, 0) is 13.0 Å². The molecule has 5 heteroatoms. The molecule has 0 unspecified atom stereocenters. The summed E-state index contributed by atoms with van der Waals surface area (Å²) in [4.78, 5) is 0. The number of aromatic nitrogens is 2. The zero-order chi connectivity index (χ0) is 13.0. The van der Waals surface area contributed by atoms with Crippen LogP contribution in [-0.4, -0.2) is 33.7 Å². The highest BCUT2D eigenvalue weighted by Gasteiger charge is 2.11. The maximum atomic E-state index is 9.22. The molecule has 0 radical (unpaired) electrons. The quantitative estimate of drug-likeness (QED) is 0.833. The van der Waals surface area contributed by atoms with E-state index >= 15 is 0 Å². The molecule has 0 fully saturated rings. The first-order chi connectivity index (χ1) is 8.74. The molecule has 1 heterocycles. The number of nitrogens with zero attached hydrogens (tertiary/aromatic N) is 2. The fraction of sp³-hybridized carbons (Fsp3) is 0.308. The van der Waals surface area contributed by atoms with Crippen LogP contribution in [0.2, 0.25) is 0 Å². The van der Waals surface area contributed by atoms with E-state index < -0.39 is 0 Å². The molecule has 0 bridgehead atoms. The van der Waals surface area contributed by atoms with E-state index in [1.165, 1.54) is 0 Å². The maximum Gasteiger partial charge on any atom is 0.215 e. The highest BCUT2D eigenvalue weighted by molar-refractivity contribution is 5.29. The van der Waals surface area contributed by atoms with E-state index in [-0.39, 0.29) is 12.4 Å². The van der Waals surface area contributed by atoms with Crippen molar-refractivity contribution in [3.8, 4) is 11.6 Å². The van der Waals surface area contributed by atoms with E-state index in [2.05, 4.69) is 5.10 Å². The number of benzene rings is 1. The molecule has 0 atom stereocenters. The van der Waals surface area contributed by atoms with Gasteiger partial charge in [-0.1, -0.05) is 12.1 Å². The number of hydrogen-bond donors (Lipinski definition) is 2. The summed E-state index contributed by atoms with van der Waals surface area (Å²) in [5.41, 5.74) is 1.91. The van der Waals surface area contributed by atoms with Crippen LogP contribution >= 0.6 is 0 Å². The zero-order valence-corrected chi connectivity index (χ0v) is 10.2. The van der Waals surface area contributed by atoms with Gasteiger partial charge in [-0.15, -0.1) is 0 Å². The number of aliphatic hydroxyl groups is 1. The van der Waals surface area contributed by atoms with Gasteiger partial charge in [-0.05, 0) is 17.7 Å². The highest BCUT2D eigenvalue weighted by atomic mass is 16.5. The van der Waals surface area contributed by atoms with Crippen molar-refractivity contribution in [1.29, 1.82) is 0 Å². The Labute approximate surface area is 105 Å². The van der Waals surface area contributed by atoms with Gasteiger partial charge in [0.1, 0.15) is 5.75 Å². The van der Waals surface area contributed by atoms with E-state index in [0.717, 1.165) is 11.1 Å². The van der Waals surface area contributed by atoms with Crippen LogP contribution in [0.5, 0.6) is 11.6 Å². The Kier molecular flexibility index (Phi) is 3.84. The Morgan fingerprint density at radius 1 is 1.28 bits per heavy atom. The minimum atomic E-state index is 0.0707. The fourth-order valence-corrected chi connectivity index (χ4v) is 1.83. The molecule has 0 aliphatic rings. The predicted octanol–water partition coefficient (Wildman–Crippen LogP) is 1.18. The highest BCUT2D eigenvalue weighted by Crippen LogP contribution is 2.20. The second-order valence-corrected chi connectivity index (χ2v) is 3.98. The van der Waals surface area contributed by atoms with Crippen LogP contribution < -0.4 is 4.74 Å². The lowest BCUT2D eigenvalue weighted by Crippen LogP contribution is -2.05. The van der Waals surface area contributed by atoms with Gasteiger partial charge in [0.25, 0.3) is 0 Å². The predicted molar refractivity (Wildman–Crippen MR) is 66.8 cm³/mol. The van der Waals surface area contributed by atoms with Crippen LogP contribution in [0.3, 0.4) is 0 Å². The minimum absolute atomic E-state index is 0.0707. The molecule has 2 aromatic rings. The van der Waals surface area contributed by atoms with Gasteiger partial charge < -0.3 is 14.9 Å². The Balaban J connectivity index is 2.20. The number of methoxy groups -OCH3 is 1. The van der Waals surface area contributed by atoms with Gasteiger partial charge in [0.05, 0.1) is 19.9 Å². The molecule has 5 nitrogen and oxygen atoms in total. The third kappa shape index (κ3) is 2.62. The number of aromatic hydroxyl groups is 1. The number of ether oxygens (including phenoxy) is 1. The van der Waals surface area contributed by atoms with E-state index in [4.69, 9.17) is 9.84 Å². The fourth-order valence-electron chi connectivity index (χ4n) is 1.83. The molecule has 0 saturated carbocycles. The average Bonchev–Trinajstić information content (AvgIpc) is 2.75. The summed E-state index contributed by atoms with van der Waals surface area (Å²) in [7, 11) is 1.59. The van der Waals surface area contributed by atoms with Crippen LogP contribution in [0.15, 0.2) is 30.5 Å². The minimum Gasteiger partial charge on any atom is -0.508 e. The van der Waals surface area contributed by atoms with Crippen molar-refractivity contribution in [2.24, 2.45) is 0 Å². The van der Waals surface area contributed by atoms with Crippen molar-refractivity contribution < 1.29 is 14.9 Å². The van der Waals surface area contributed by atoms with Crippen LogP contribution in [0.25, 0.3) is 0 Å². The van der Waals surface area contributed by atoms with E-state index in [1.54, 1.807) is 30.1 Å². The van der Waals surface area contributed by atoms with Gasteiger partial charge in [-0.3, -0.25) is 0 Å². The molecule has 18 heavy (non-hydrogen) atoms. The number of phenolic OH excluding ortho intramolecular Hbond substituents is 1. The first-order valence-electron chi connectivity index (χ1n) is 5.72. The van der Waals surface area contributed by atoms with Gasteiger partial charge in [0.15, 0.2) is 0 Å². The van der Waals surface area contributed by atoms with E-state index in [1.807, 2.05) is 12.1 Å². The summed E-state index contributed by atoms with van der Waals surface area (Å²) >= 11 is 0. The number of phenols is 1. The first kappa shape index (κ1) is 12.4. The van der Waals surface area contributed by atoms with Gasteiger partial charge in [-0.25, -0.2) is 4.68 Å². The first-order valence-corrected chi connectivity index (χ1v) is 5.72. The summed E-state index contributed by atoms with van der Waals surface area (Å²) in [6, 6.07) is 6.95. The number of rotatable bonds is 5. The average molecular weight is 248 g/mol. The van der Waals surface area contributed by atoms with Gasteiger partial charge in [-0.2, -0.15) is 5.10 Å². The normalized spacial score (nSPS) is 10.6. The molecule has 1 aromatic heterocycles. The Hall–Kier alpha value is -2.01. The standard InChI is InChI=1S/C13H16N2O3/c1-18-13-11(6-7-16)8-14-15(13)9-10-2-4-12(17)5-3-10/h2-5,8,16-17H,6-7,9H2,1H3. The Morgan fingerprint density at radius 3 is 2.61 bits per heavy atom. The van der Waals surface area contributed by atoms with Crippen molar-refractivity contribution in [2.45, 2.75) is 13.0 Å². The van der Waals surface area contributed by atoms with Gasteiger partial charge >= 0.3 is 0 Å². The van der Waals surface area contributed by atoms with Crippen LogP contribution in [0, 0.1) is 0 Å². The third-order valence-corrected chi connectivity index (χ3v) is 2.71. The van der Waals surface area contributed by atoms with Gasteiger partial charge in [0, 0.05) is 18.6 Å². The van der Waals surface area contributed by atoms with E-state index in [0.29, 0.717) is 18.8 Å². The Bertz CT molecular complexity index is 505.